The van der Waals surface area contributed by atoms with Gasteiger partial charge in [0.2, 0.25) is 0 Å². The summed E-state index contributed by atoms with van der Waals surface area (Å²) in [6, 6.07) is 3.90. The first kappa shape index (κ1) is 14.7. The first-order valence-corrected chi connectivity index (χ1v) is 7.48. The lowest BCUT2D eigenvalue weighted by atomic mass is 10.4. The van der Waals surface area contributed by atoms with Crippen LogP contribution >= 0.6 is 11.8 Å². The Morgan fingerprint density at radius 3 is 2.35 bits per heavy atom. The molecule has 0 unspecified atom stereocenters. The highest BCUT2D eigenvalue weighted by Gasteiger charge is 2.07. The third kappa shape index (κ3) is 4.16. The van der Waals surface area contributed by atoms with Crippen LogP contribution in [0.15, 0.2) is 22.3 Å². The Morgan fingerprint density at radius 2 is 1.70 bits per heavy atom. The highest BCUT2D eigenvalue weighted by molar-refractivity contribution is 7.99. The third-order valence-electron chi connectivity index (χ3n) is 2.53. The van der Waals surface area contributed by atoms with Gasteiger partial charge in [0, 0.05) is 24.0 Å². The van der Waals surface area contributed by atoms with Crippen LogP contribution in [0.25, 0.3) is 0 Å². The lowest BCUT2D eigenvalue weighted by Gasteiger charge is -2.07. The summed E-state index contributed by atoms with van der Waals surface area (Å²) in [6.07, 6.45) is 1.06. The van der Waals surface area contributed by atoms with Crippen molar-refractivity contribution in [3.63, 3.8) is 0 Å². The Hall–Kier alpha value is -1.69. The van der Waals surface area contributed by atoms with E-state index in [1.165, 1.54) is 11.8 Å². The molecule has 6 heteroatoms. The molecule has 0 spiro atoms. The van der Waals surface area contributed by atoms with Crippen molar-refractivity contribution in [2.45, 2.75) is 44.3 Å². The molecule has 2 heterocycles. The molecule has 0 bridgehead atoms. The van der Waals surface area contributed by atoms with Crippen LogP contribution in [0, 0.1) is 20.8 Å². The van der Waals surface area contributed by atoms with E-state index in [0.717, 1.165) is 46.2 Å². The van der Waals surface area contributed by atoms with Crippen molar-refractivity contribution >= 4 is 17.6 Å². The average Bonchev–Trinajstić information content (AvgIpc) is 2.34. The molecule has 5 nitrogen and oxygen atoms in total. The summed E-state index contributed by atoms with van der Waals surface area (Å²) in [5.41, 5.74) is 1.94. The molecule has 0 fully saturated rings. The van der Waals surface area contributed by atoms with E-state index in [4.69, 9.17) is 0 Å². The first-order valence-electron chi connectivity index (χ1n) is 6.66. The zero-order chi connectivity index (χ0) is 14.5. The number of hydrogen-bond acceptors (Lipinski definition) is 6. The summed E-state index contributed by atoms with van der Waals surface area (Å²) in [7, 11) is 0. The van der Waals surface area contributed by atoms with Gasteiger partial charge >= 0.3 is 0 Å². The normalized spacial score (nSPS) is 10.6. The van der Waals surface area contributed by atoms with E-state index in [-0.39, 0.29) is 0 Å². The van der Waals surface area contributed by atoms with Gasteiger partial charge in [-0.3, -0.25) is 0 Å². The van der Waals surface area contributed by atoms with Crippen LogP contribution in [0.2, 0.25) is 0 Å². The maximum Gasteiger partial charge on any atom is 0.194 e. The van der Waals surface area contributed by atoms with Crippen molar-refractivity contribution in [1.29, 1.82) is 0 Å². The van der Waals surface area contributed by atoms with Gasteiger partial charge in [0.05, 0.1) is 0 Å². The summed E-state index contributed by atoms with van der Waals surface area (Å²) >= 11 is 1.46. The van der Waals surface area contributed by atoms with Crippen LogP contribution in [0.3, 0.4) is 0 Å². The van der Waals surface area contributed by atoms with Gasteiger partial charge in [0.25, 0.3) is 0 Å². The zero-order valence-electron chi connectivity index (χ0n) is 12.3. The zero-order valence-corrected chi connectivity index (χ0v) is 13.1. The minimum Gasteiger partial charge on any atom is -0.370 e. The molecule has 0 aliphatic heterocycles. The van der Waals surface area contributed by atoms with Crippen LogP contribution in [-0.4, -0.2) is 26.5 Å². The van der Waals surface area contributed by atoms with E-state index in [0.29, 0.717) is 0 Å². The van der Waals surface area contributed by atoms with E-state index in [9.17, 15) is 0 Å². The van der Waals surface area contributed by atoms with Gasteiger partial charge < -0.3 is 5.32 Å². The molecule has 2 aromatic rings. The van der Waals surface area contributed by atoms with Gasteiger partial charge in [0.15, 0.2) is 5.16 Å². The fraction of sp³-hybridized carbons (Fsp3) is 0.429. The van der Waals surface area contributed by atoms with Gasteiger partial charge in [-0.05, 0) is 45.0 Å². The second kappa shape index (κ2) is 6.65. The van der Waals surface area contributed by atoms with Crippen LogP contribution in [0.4, 0.5) is 5.82 Å². The maximum absolute atomic E-state index is 4.43. The van der Waals surface area contributed by atoms with Crippen molar-refractivity contribution in [1.82, 2.24) is 19.9 Å². The summed E-state index contributed by atoms with van der Waals surface area (Å²) < 4.78 is 0. The van der Waals surface area contributed by atoms with Crippen LogP contribution in [-0.2, 0) is 0 Å². The largest absolute Gasteiger partial charge is 0.370 e. The standard InChI is InChI=1S/C14H19N5S/c1-5-6-15-12-8-13(19-11(4)18-12)20-14-16-9(2)7-10(3)17-14/h7-8H,5-6H2,1-4H3,(H,15,18,19). The fourth-order valence-corrected chi connectivity index (χ4v) is 2.68. The van der Waals surface area contributed by atoms with E-state index in [1.807, 2.05) is 32.9 Å². The Kier molecular flexibility index (Phi) is 4.89. The molecule has 0 radical (unpaired) electrons. The monoisotopic (exact) mass is 289 g/mol. The van der Waals surface area contributed by atoms with Crippen LogP contribution in [0.5, 0.6) is 0 Å². The van der Waals surface area contributed by atoms with Crippen molar-refractivity contribution in [2.24, 2.45) is 0 Å². The number of nitrogens with zero attached hydrogens (tertiary/aromatic N) is 4. The molecule has 0 atom stereocenters. The molecular formula is C14H19N5S. The average molecular weight is 289 g/mol. The number of hydrogen-bond donors (Lipinski definition) is 1. The summed E-state index contributed by atoms with van der Waals surface area (Å²) in [4.78, 5) is 17.6. The van der Waals surface area contributed by atoms with Crippen molar-refractivity contribution in [3.05, 3.63) is 29.3 Å². The molecule has 0 saturated heterocycles. The summed E-state index contributed by atoms with van der Waals surface area (Å²) in [5.74, 6) is 1.60. The minimum absolute atomic E-state index is 0.724. The lowest BCUT2D eigenvalue weighted by molar-refractivity contribution is 0.890. The van der Waals surface area contributed by atoms with E-state index in [1.54, 1.807) is 0 Å². The molecule has 2 rings (SSSR count). The first-order chi connectivity index (χ1) is 9.56. The second-order valence-corrected chi connectivity index (χ2v) is 5.59. The highest BCUT2D eigenvalue weighted by atomic mass is 32.2. The molecule has 0 aliphatic carbocycles. The predicted molar refractivity (Wildman–Crippen MR) is 81.2 cm³/mol. The van der Waals surface area contributed by atoms with Gasteiger partial charge in [0.1, 0.15) is 16.7 Å². The molecule has 0 aliphatic rings. The molecule has 0 saturated carbocycles. The molecule has 20 heavy (non-hydrogen) atoms. The summed E-state index contributed by atoms with van der Waals surface area (Å²) in [6.45, 7) is 8.86. The Balaban J connectivity index is 2.21. The number of nitrogens with one attached hydrogen (secondary N) is 1. The number of aryl methyl sites for hydroxylation is 3. The molecule has 1 N–H and O–H groups in total. The Bertz CT molecular complexity index is 580. The molecule has 106 valence electrons. The Labute approximate surface area is 123 Å². The smallest absolute Gasteiger partial charge is 0.194 e. The molecular weight excluding hydrogens is 270 g/mol. The Morgan fingerprint density at radius 1 is 1.00 bits per heavy atom. The van der Waals surface area contributed by atoms with Gasteiger partial charge in [-0.2, -0.15) is 0 Å². The van der Waals surface area contributed by atoms with Crippen LogP contribution in [0.1, 0.15) is 30.6 Å². The van der Waals surface area contributed by atoms with Crippen LogP contribution < -0.4 is 5.32 Å². The molecule has 0 amide bonds. The minimum atomic E-state index is 0.724. The quantitative estimate of drug-likeness (QED) is 0.674. The maximum atomic E-state index is 4.43. The fourth-order valence-electron chi connectivity index (χ4n) is 1.77. The second-order valence-electron chi connectivity index (χ2n) is 4.60. The highest BCUT2D eigenvalue weighted by Crippen LogP contribution is 2.25. The van der Waals surface area contributed by atoms with Gasteiger partial charge in [-0.1, -0.05) is 6.92 Å². The number of rotatable bonds is 5. The molecule has 0 aromatic carbocycles. The topological polar surface area (TPSA) is 63.6 Å². The SMILES string of the molecule is CCCNc1cc(Sc2nc(C)cc(C)n2)nc(C)n1. The van der Waals surface area contributed by atoms with Gasteiger partial charge in [-0.15, -0.1) is 0 Å². The van der Waals surface area contributed by atoms with Crippen molar-refractivity contribution < 1.29 is 0 Å². The lowest BCUT2D eigenvalue weighted by Crippen LogP contribution is -2.04. The van der Waals surface area contributed by atoms with Crippen molar-refractivity contribution in [3.8, 4) is 0 Å². The van der Waals surface area contributed by atoms with E-state index >= 15 is 0 Å². The predicted octanol–water partition coefficient (Wildman–Crippen LogP) is 3.16. The summed E-state index contributed by atoms with van der Waals surface area (Å²) in [5, 5.41) is 4.87. The van der Waals surface area contributed by atoms with E-state index in [2.05, 4.69) is 32.2 Å². The molecule has 2 aromatic heterocycles. The van der Waals surface area contributed by atoms with E-state index < -0.39 is 0 Å². The third-order valence-corrected chi connectivity index (χ3v) is 3.31. The number of aromatic nitrogens is 4. The van der Waals surface area contributed by atoms with Crippen molar-refractivity contribution in [2.75, 3.05) is 11.9 Å². The number of anilines is 1. The van der Waals surface area contributed by atoms with Gasteiger partial charge in [-0.25, -0.2) is 19.9 Å².